The standard InChI is InChI=1S/C20H24N4O5S2/c1-30(26,27)17-6-8-18(9-7-17)31(28,29)24-12-10-23(11-13-24)19(25)14-15-2-4-16(5-3-15)20(21)22/h2-9H,10-14H2,1H3,(H3,21,22). The molecule has 0 saturated carbocycles. The Morgan fingerprint density at radius 2 is 1.42 bits per heavy atom. The first-order valence-electron chi connectivity index (χ1n) is 9.50. The zero-order chi connectivity index (χ0) is 22.8. The van der Waals surface area contributed by atoms with Gasteiger partial charge < -0.3 is 10.6 Å². The molecule has 0 aromatic heterocycles. The summed E-state index contributed by atoms with van der Waals surface area (Å²) >= 11 is 0. The highest BCUT2D eigenvalue weighted by Crippen LogP contribution is 2.20. The number of rotatable bonds is 6. The third kappa shape index (κ3) is 5.30. The highest BCUT2D eigenvalue weighted by atomic mass is 32.2. The number of hydrogen-bond acceptors (Lipinski definition) is 6. The molecule has 1 fully saturated rings. The van der Waals surface area contributed by atoms with Crippen LogP contribution in [0.15, 0.2) is 58.3 Å². The number of amidine groups is 1. The predicted octanol–water partition coefficient (Wildman–Crippen LogP) is 0.450. The maximum atomic E-state index is 12.8. The molecule has 1 saturated heterocycles. The van der Waals surface area contributed by atoms with Crippen molar-refractivity contribution >= 4 is 31.6 Å². The SMILES string of the molecule is CS(=O)(=O)c1ccc(S(=O)(=O)N2CCN(C(=O)Cc3ccc(C(=N)N)cc3)CC2)cc1. The Balaban J connectivity index is 1.61. The van der Waals surface area contributed by atoms with Gasteiger partial charge in [-0.05, 0) is 29.8 Å². The van der Waals surface area contributed by atoms with Gasteiger partial charge in [0.1, 0.15) is 5.84 Å². The molecule has 11 heteroatoms. The molecule has 0 atom stereocenters. The van der Waals surface area contributed by atoms with Crippen molar-refractivity contribution < 1.29 is 21.6 Å². The van der Waals surface area contributed by atoms with E-state index in [1.807, 2.05) is 0 Å². The number of carbonyl (C=O) groups excluding carboxylic acids is 1. The van der Waals surface area contributed by atoms with Crippen molar-refractivity contribution in [3.8, 4) is 0 Å². The first-order valence-corrected chi connectivity index (χ1v) is 12.8. The normalized spacial score (nSPS) is 15.6. The van der Waals surface area contributed by atoms with E-state index in [4.69, 9.17) is 11.1 Å². The number of hydrogen-bond donors (Lipinski definition) is 2. The monoisotopic (exact) mass is 464 g/mol. The summed E-state index contributed by atoms with van der Waals surface area (Å²) in [7, 11) is -7.19. The number of nitrogens with one attached hydrogen (secondary N) is 1. The quantitative estimate of drug-likeness (QED) is 0.470. The minimum Gasteiger partial charge on any atom is -0.384 e. The Morgan fingerprint density at radius 1 is 0.903 bits per heavy atom. The van der Waals surface area contributed by atoms with Crippen LogP contribution >= 0.6 is 0 Å². The smallest absolute Gasteiger partial charge is 0.243 e. The molecule has 3 rings (SSSR count). The molecule has 2 aromatic rings. The fourth-order valence-corrected chi connectivity index (χ4v) is 5.33. The van der Waals surface area contributed by atoms with Crippen LogP contribution in [-0.2, 0) is 31.1 Å². The van der Waals surface area contributed by atoms with Crippen molar-refractivity contribution in [3.05, 3.63) is 59.7 Å². The van der Waals surface area contributed by atoms with Crippen molar-refractivity contribution in [2.45, 2.75) is 16.2 Å². The molecule has 0 unspecified atom stereocenters. The van der Waals surface area contributed by atoms with Crippen LogP contribution in [0.3, 0.4) is 0 Å². The molecule has 1 aliphatic heterocycles. The van der Waals surface area contributed by atoms with Gasteiger partial charge in [0.25, 0.3) is 0 Å². The molecule has 1 aliphatic rings. The van der Waals surface area contributed by atoms with Gasteiger partial charge in [0.2, 0.25) is 15.9 Å². The Morgan fingerprint density at radius 3 is 1.90 bits per heavy atom. The molecule has 2 aromatic carbocycles. The molecular formula is C20H24N4O5S2. The van der Waals surface area contributed by atoms with Gasteiger partial charge in [0.05, 0.1) is 16.2 Å². The number of sulfonamides is 1. The largest absolute Gasteiger partial charge is 0.384 e. The number of piperazine rings is 1. The molecule has 0 spiro atoms. The second-order valence-electron chi connectivity index (χ2n) is 7.32. The number of nitrogens with two attached hydrogens (primary N) is 1. The second kappa shape index (κ2) is 8.77. The van der Waals surface area contributed by atoms with Gasteiger partial charge in [-0.3, -0.25) is 10.2 Å². The van der Waals surface area contributed by atoms with Gasteiger partial charge in [-0.15, -0.1) is 0 Å². The van der Waals surface area contributed by atoms with E-state index in [2.05, 4.69) is 0 Å². The minimum absolute atomic E-state index is 0.0187. The van der Waals surface area contributed by atoms with Crippen LogP contribution in [0.2, 0.25) is 0 Å². The molecular weight excluding hydrogens is 440 g/mol. The van der Waals surface area contributed by atoms with Crippen molar-refractivity contribution in [2.24, 2.45) is 5.73 Å². The molecule has 3 N–H and O–H groups in total. The molecule has 0 radical (unpaired) electrons. The van der Waals surface area contributed by atoms with Crippen LogP contribution in [0.4, 0.5) is 0 Å². The van der Waals surface area contributed by atoms with Crippen molar-refractivity contribution in [2.75, 3.05) is 32.4 Å². The van der Waals surface area contributed by atoms with E-state index in [0.717, 1.165) is 11.8 Å². The lowest BCUT2D eigenvalue weighted by Crippen LogP contribution is -2.50. The maximum absolute atomic E-state index is 12.8. The Kier molecular flexibility index (Phi) is 6.48. The van der Waals surface area contributed by atoms with E-state index in [0.29, 0.717) is 5.56 Å². The minimum atomic E-state index is -3.78. The van der Waals surface area contributed by atoms with E-state index in [-0.39, 0.29) is 54.1 Å². The summed E-state index contributed by atoms with van der Waals surface area (Å²) in [6.45, 7) is 0.854. The topological polar surface area (TPSA) is 142 Å². The lowest BCUT2D eigenvalue weighted by atomic mass is 10.1. The number of carbonyl (C=O) groups is 1. The van der Waals surface area contributed by atoms with E-state index >= 15 is 0 Å². The second-order valence-corrected chi connectivity index (χ2v) is 11.3. The summed E-state index contributed by atoms with van der Waals surface area (Å²) in [6, 6.07) is 12.0. The van der Waals surface area contributed by atoms with Crippen LogP contribution in [0.1, 0.15) is 11.1 Å². The van der Waals surface area contributed by atoms with E-state index in [9.17, 15) is 21.6 Å². The molecule has 1 heterocycles. The molecule has 9 nitrogen and oxygen atoms in total. The van der Waals surface area contributed by atoms with Crippen molar-refractivity contribution in [3.63, 3.8) is 0 Å². The Bertz CT molecular complexity index is 1180. The van der Waals surface area contributed by atoms with Crippen LogP contribution in [-0.4, -0.2) is 70.2 Å². The summed E-state index contributed by atoms with van der Waals surface area (Å²) in [5.74, 6) is -0.147. The van der Waals surface area contributed by atoms with E-state index in [1.165, 1.54) is 28.6 Å². The van der Waals surface area contributed by atoms with Gasteiger partial charge >= 0.3 is 0 Å². The molecule has 0 aliphatic carbocycles. The van der Waals surface area contributed by atoms with E-state index < -0.39 is 19.9 Å². The fraction of sp³-hybridized carbons (Fsp3) is 0.300. The predicted molar refractivity (Wildman–Crippen MR) is 116 cm³/mol. The van der Waals surface area contributed by atoms with Crippen LogP contribution < -0.4 is 5.73 Å². The number of amides is 1. The Hall–Kier alpha value is -2.76. The van der Waals surface area contributed by atoms with Crippen LogP contribution in [0.5, 0.6) is 0 Å². The maximum Gasteiger partial charge on any atom is 0.243 e. The molecule has 0 bridgehead atoms. The number of nitrogen functional groups attached to an aromatic ring is 1. The number of benzene rings is 2. The highest BCUT2D eigenvalue weighted by molar-refractivity contribution is 7.90. The summed E-state index contributed by atoms with van der Waals surface area (Å²) in [5, 5.41) is 7.40. The van der Waals surface area contributed by atoms with Gasteiger partial charge in [0.15, 0.2) is 9.84 Å². The molecule has 166 valence electrons. The summed E-state index contributed by atoms with van der Waals surface area (Å²) < 4.78 is 50.1. The number of nitrogens with zero attached hydrogens (tertiary/aromatic N) is 2. The first-order chi connectivity index (χ1) is 14.5. The zero-order valence-electron chi connectivity index (χ0n) is 17.0. The van der Waals surface area contributed by atoms with Crippen LogP contribution in [0.25, 0.3) is 0 Å². The summed E-state index contributed by atoms with van der Waals surface area (Å²) in [6.07, 6.45) is 1.24. The highest BCUT2D eigenvalue weighted by Gasteiger charge is 2.30. The van der Waals surface area contributed by atoms with Gasteiger partial charge in [-0.2, -0.15) is 4.31 Å². The lowest BCUT2D eigenvalue weighted by molar-refractivity contribution is -0.131. The zero-order valence-corrected chi connectivity index (χ0v) is 18.6. The third-order valence-electron chi connectivity index (χ3n) is 5.10. The third-order valence-corrected chi connectivity index (χ3v) is 8.14. The van der Waals surface area contributed by atoms with Gasteiger partial charge in [-0.25, -0.2) is 16.8 Å². The fourth-order valence-electron chi connectivity index (χ4n) is 3.27. The average molecular weight is 465 g/mol. The molecule has 1 amide bonds. The number of sulfone groups is 1. The lowest BCUT2D eigenvalue weighted by Gasteiger charge is -2.34. The van der Waals surface area contributed by atoms with Crippen LogP contribution in [0, 0.1) is 5.41 Å². The summed E-state index contributed by atoms with van der Waals surface area (Å²) in [5.41, 5.74) is 6.80. The summed E-state index contributed by atoms with van der Waals surface area (Å²) in [4.78, 5) is 14.3. The molecule has 31 heavy (non-hydrogen) atoms. The Labute approximate surface area is 181 Å². The van der Waals surface area contributed by atoms with Gasteiger partial charge in [0, 0.05) is 38.0 Å². The van der Waals surface area contributed by atoms with Crippen molar-refractivity contribution in [1.82, 2.24) is 9.21 Å². The van der Waals surface area contributed by atoms with Gasteiger partial charge in [-0.1, -0.05) is 24.3 Å². The van der Waals surface area contributed by atoms with E-state index in [1.54, 1.807) is 29.2 Å². The van der Waals surface area contributed by atoms with Crippen molar-refractivity contribution in [1.29, 1.82) is 5.41 Å². The first kappa shape index (κ1) is 22.9. The average Bonchev–Trinajstić information content (AvgIpc) is 2.73.